The summed E-state index contributed by atoms with van der Waals surface area (Å²) in [6.07, 6.45) is 27.5. The fourth-order valence-corrected chi connectivity index (χ4v) is 23.3. The van der Waals surface area contributed by atoms with E-state index in [4.69, 9.17) is 14.2 Å². The van der Waals surface area contributed by atoms with Crippen LogP contribution >= 0.6 is 0 Å². The van der Waals surface area contributed by atoms with Crippen LogP contribution in [-0.4, -0.2) is 73.3 Å². The lowest BCUT2D eigenvalue weighted by Gasteiger charge is -2.62. The normalized spacial score (nSPS) is 56.7. The van der Waals surface area contributed by atoms with Crippen molar-refractivity contribution in [2.75, 3.05) is 21.3 Å². The molecule has 9 nitrogen and oxygen atoms in total. The molecule has 0 aromatic rings. The Hall–Kier alpha value is -1.77. The number of fused-ring (bicyclic) bond motifs is 15. The van der Waals surface area contributed by atoms with Crippen LogP contribution in [0.15, 0.2) is 0 Å². The van der Waals surface area contributed by atoms with E-state index in [2.05, 4.69) is 59.8 Å². The molecule has 12 fully saturated rings. The Kier molecular flexibility index (Phi) is 14.8. The van der Waals surface area contributed by atoms with E-state index >= 15 is 0 Å². The second-order valence-corrected chi connectivity index (χ2v) is 29.2. The van der Waals surface area contributed by atoms with E-state index in [0.29, 0.717) is 87.3 Å². The minimum atomic E-state index is -0.0936. The molecule has 0 heterocycles. The van der Waals surface area contributed by atoms with Crippen molar-refractivity contribution >= 4 is 0 Å². The van der Waals surface area contributed by atoms with E-state index in [-0.39, 0.29) is 70.6 Å². The summed E-state index contributed by atoms with van der Waals surface area (Å²) in [5, 5.41) is 59.5. The van der Waals surface area contributed by atoms with Gasteiger partial charge in [0.15, 0.2) is 0 Å². The van der Waals surface area contributed by atoms with Crippen molar-refractivity contribution in [3.63, 3.8) is 0 Å². The molecule has 0 aromatic carbocycles. The molecule has 12 saturated carbocycles. The van der Waals surface area contributed by atoms with Crippen molar-refractivity contribution in [2.45, 2.75) is 232 Å². The van der Waals surface area contributed by atoms with Crippen LogP contribution in [0.25, 0.3) is 0 Å². The highest BCUT2D eigenvalue weighted by Crippen LogP contribution is 2.71. The maximum absolute atomic E-state index is 10.2. The number of aliphatic hydroxyl groups is 3. The SMILES string of the molecule is CO[C@@H]1C[C@]2(C)[C@@H](C#N)CC[C@H]2[C@@H]2CC[C@H]3C[C@H](O)CC[C@]3(C)[C@H]21.CO[C@H]1C[C@]2(C)[C@@H](C#N)CC[C@H]2[C@@H]2CC[C@@H]3C[C@H](O)CC[C@]3(C)[C@H]21.CO[C@H]1C[C@]2(C)[C@@H](C#N)CC[C@H]2[C@@H]2CC[C@H]3C[C@H](O)CC[C@]3(C)[C@H]21. The number of hydrogen-bond acceptors (Lipinski definition) is 9. The van der Waals surface area contributed by atoms with E-state index in [1.54, 1.807) is 0 Å². The van der Waals surface area contributed by atoms with Gasteiger partial charge in [0, 0.05) is 21.3 Å². The van der Waals surface area contributed by atoms with Gasteiger partial charge in [-0.3, -0.25) is 0 Å². The summed E-state index contributed by atoms with van der Waals surface area (Å²) < 4.78 is 18.3. The summed E-state index contributed by atoms with van der Waals surface area (Å²) in [7, 11) is 5.64. The molecule has 0 bridgehead atoms. The molecular weight excluding hydrogens is 895 g/mol. The minimum Gasteiger partial charge on any atom is -0.393 e. The first-order valence-electron chi connectivity index (χ1n) is 30.1. The van der Waals surface area contributed by atoms with Gasteiger partial charge < -0.3 is 29.5 Å². The van der Waals surface area contributed by atoms with E-state index in [0.717, 1.165) is 96.3 Å². The summed E-state index contributed by atoms with van der Waals surface area (Å²) >= 11 is 0. The number of aliphatic hydroxyl groups excluding tert-OH is 3. The molecule has 0 saturated heterocycles. The number of rotatable bonds is 3. The monoisotopic (exact) mass is 994 g/mol. The summed E-state index contributed by atoms with van der Waals surface area (Å²) in [5.41, 5.74) is 1.38. The molecule has 0 unspecified atom stereocenters. The van der Waals surface area contributed by atoms with Crippen LogP contribution in [0.5, 0.6) is 0 Å². The highest BCUT2D eigenvalue weighted by atomic mass is 16.5. The largest absolute Gasteiger partial charge is 0.393 e. The number of methoxy groups -OCH3 is 3. The zero-order valence-electron chi connectivity index (χ0n) is 46.5. The molecule has 0 spiro atoms. The van der Waals surface area contributed by atoms with Gasteiger partial charge in [-0.2, -0.15) is 15.8 Å². The van der Waals surface area contributed by atoms with Gasteiger partial charge in [-0.05, 0) is 258 Å². The average molecular weight is 994 g/mol. The molecule has 0 aliphatic heterocycles. The first-order chi connectivity index (χ1) is 34.3. The van der Waals surface area contributed by atoms with Gasteiger partial charge in [0.2, 0.25) is 0 Å². The Balaban J connectivity index is 0.000000124. The van der Waals surface area contributed by atoms with Gasteiger partial charge in [0.05, 0.1) is 72.6 Å². The van der Waals surface area contributed by atoms with Gasteiger partial charge in [-0.1, -0.05) is 41.5 Å². The maximum Gasteiger partial charge on any atom is 0.0661 e. The fraction of sp³-hybridized carbons (Fsp3) is 0.952. The molecular formula is C63H99N3O6. The summed E-state index contributed by atoms with van der Waals surface area (Å²) in [6.45, 7) is 14.6. The third kappa shape index (κ3) is 8.26. The van der Waals surface area contributed by atoms with Crippen molar-refractivity contribution in [3.8, 4) is 18.2 Å². The second kappa shape index (κ2) is 19.9. The Labute approximate surface area is 436 Å². The molecule has 0 amide bonds. The minimum absolute atomic E-state index is 0.0936. The van der Waals surface area contributed by atoms with E-state index in [9.17, 15) is 31.1 Å². The molecule has 27 atom stereocenters. The van der Waals surface area contributed by atoms with Gasteiger partial charge in [0.25, 0.3) is 0 Å². The predicted octanol–water partition coefficient (Wildman–Crippen LogP) is 12.5. The van der Waals surface area contributed by atoms with Crippen LogP contribution in [0.3, 0.4) is 0 Å². The quantitative estimate of drug-likeness (QED) is 0.250. The lowest BCUT2D eigenvalue weighted by Crippen LogP contribution is -2.59. The Morgan fingerprint density at radius 3 is 0.861 bits per heavy atom. The highest BCUT2D eigenvalue weighted by Gasteiger charge is 2.67. The van der Waals surface area contributed by atoms with Gasteiger partial charge in [-0.15, -0.1) is 0 Å². The molecule has 0 aromatic heterocycles. The van der Waals surface area contributed by atoms with Crippen molar-refractivity contribution in [1.29, 1.82) is 15.8 Å². The van der Waals surface area contributed by atoms with Crippen molar-refractivity contribution < 1.29 is 29.5 Å². The number of nitriles is 3. The standard InChI is InChI=1S/3C21H33NO2/c3*1-20-9-8-15(23)10-13(20)4-6-16-17-7-5-14(12-22)21(17,2)11-18(24-3)19(16)20/h3*13-19,23H,4-11H2,1-3H3/t13-,14+,15+,16-,17-,18+,19+,20-,21+;13-,14+,15+,16-,17-,18-,19+,20-,21+;13-,14-,15-,16+,17+,18+,19-,20+,21-/m001/s1. The van der Waals surface area contributed by atoms with E-state index < -0.39 is 0 Å². The Morgan fingerprint density at radius 1 is 0.361 bits per heavy atom. The van der Waals surface area contributed by atoms with Crippen molar-refractivity contribution in [1.82, 2.24) is 0 Å². The molecule has 402 valence electrons. The number of hydrogen-bond donors (Lipinski definition) is 3. The molecule has 9 heteroatoms. The molecule has 12 aliphatic carbocycles. The van der Waals surface area contributed by atoms with Crippen LogP contribution in [0.4, 0.5) is 0 Å². The topological polar surface area (TPSA) is 160 Å². The summed E-state index contributed by atoms with van der Waals surface area (Å²) in [6, 6.07) is 7.88. The highest BCUT2D eigenvalue weighted by molar-refractivity contribution is 5.18. The first kappa shape index (κ1) is 53.6. The van der Waals surface area contributed by atoms with Crippen LogP contribution in [-0.2, 0) is 14.2 Å². The summed E-state index contributed by atoms with van der Waals surface area (Å²) in [5.74, 6) is 8.65. The Bertz CT molecular complexity index is 1860. The first-order valence-corrected chi connectivity index (χ1v) is 30.1. The van der Waals surface area contributed by atoms with Gasteiger partial charge in [0.1, 0.15) is 0 Å². The van der Waals surface area contributed by atoms with Gasteiger partial charge in [-0.25, -0.2) is 0 Å². The molecule has 72 heavy (non-hydrogen) atoms. The maximum atomic E-state index is 10.2. The predicted molar refractivity (Wildman–Crippen MR) is 279 cm³/mol. The fourth-order valence-electron chi connectivity index (χ4n) is 23.3. The van der Waals surface area contributed by atoms with E-state index in [1.807, 2.05) is 21.3 Å². The average Bonchev–Trinajstić information content (AvgIpc) is 4.02. The van der Waals surface area contributed by atoms with Crippen LogP contribution < -0.4 is 0 Å². The van der Waals surface area contributed by atoms with Gasteiger partial charge >= 0.3 is 0 Å². The zero-order chi connectivity index (χ0) is 51.3. The van der Waals surface area contributed by atoms with Crippen molar-refractivity contribution in [2.24, 2.45) is 121 Å². The smallest absolute Gasteiger partial charge is 0.0661 e. The molecule has 12 aliphatic rings. The third-order valence-corrected chi connectivity index (χ3v) is 27.0. The molecule has 3 N–H and O–H groups in total. The summed E-state index contributed by atoms with van der Waals surface area (Å²) in [4.78, 5) is 0. The third-order valence-electron chi connectivity index (χ3n) is 27.0. The second-order valence-electron chi connectivity index (χ2n) is 29.2. The molecule has 12 rings (SSSR count). The lowest BCUT2D eigenvalue weighted by molar-refractivity contribution is -0.183. The van der Waals surface area contributed by atoms with E-state index in [1.165, 1.54) is 57.8 Å². The Morgan fingerprint density at radius 2 is 0.625 bits per heavy atom. The van der Waals surface area contributed by atoms with Crippen molar-refractivity contribution in [3.05, 3.63) is 0 Å². The lowest BCUT2D eigenvalue weighted by atomic mass is 9.44. The molecule has 0 radical (unpaired) electrons. The van der Waals surface area contributed by atoms with Crippen LogP contribution in [0, 0.1) is 155 Å². The van der Waals surface area contributed by atoms with Crippen LogP contribution in [0.1, 0.15) is 196 Å². The zero-order valence-corrected chi connectivity index (χ0v) is 46.5. The number of nitrogens with zero attached hydrogens (tertiary/aromatic N) is 3. The van der Waals surface area contributed by atoms with Crippen LogP contribution in [0.2, 0.25) is 0 Å². The number of ether oxygens (including phenoxy) is 3.